The van der Waals surface area contributed by atoms with Gasteiger partial charge in [0.1, 0.15) is 0 Å². The van der Waals surface area contributed by atoms with Gasteiger partial charge in [-0.25, -0.2) is 0 Å². The van der Waals surface area contributed by atoms with Gasteiger partial charge in [-0.15, -0.1) is 0 Å². The van der Waals surface area contributed by atoms with Gasteiger partial charge in [-0.05, 0) is 61.0 Å². The average molecular weight is 246 g/mol. The van der Waals surface area contributed by atoms with Crippen molar-refractivity contribution < 1.29 is 5.11 Å². The number of aliphatic hydroxyl groups is 1. The quantitative estimate of drug-likeness (QED) is 0.840. The highest BCUT2D eigenvalue weighted by molar-refractivity contribution is 5.27. The molecule has 0 atom stereocenters. The predicted octanol–water partition coefficient (Wildman–Crippen LogP) is 4.30. The molecule has 0 saturated heterocycles. The number of aliphatic hydroxyl groups excluding tert-OH is 1. The number of rotatable bonds is 4. The van der Waals surface area contributed by atoms with Gasteiger partial charge in [0.05, 0.1) is 0 Å². The molecule has 0 aliphatic heterocycles. The molecule has 0 spiro atoms. The van der Waals surface area contributed by atoms with Crippen LogP contribution in [0.4, 0.5) is 0 Å². The predicted molar refractivity (Wildman–Crippen MR) is 76.8 cm³/mol. The van der Waals surface area contributed by atoms with E-state index in [1.54, 1.807) is 0 Å². The Hall–Kier alpha value is -0.820. The number of benzene rings is 1. The Morgan fingerprint density at radius 2 is 1.94 bits per heavy atom. The van der Waals surface area contributed by atoms with Gasteiger partial charge in [-0.3, -0.25) is 0 Å². The lowest BCUT2D eigenvalue weighted by Crippen LogP contribution is -2.20. The second-order valence-electron chi connectivity index (χ2n) is 6.51. The third kappa shape index (κ3) is 3.58. The molecule has 1 nitrogen and oxygen atoms in total. The molecule has 0 unspecified atom stereocenters. The van der Waals surface area contributed by atoms with E-state index in [9.17, 15) is 0 Å². The molecule has 1 heteroatoms. The highest BCUT2D eigenvalue weighted by Crippen LogP contribution is 2.42. The van der Waals surface area contributed by atoms with Crippen molar-refractivity contribution in [3.63, 3.8) is 0 Å². The third-order valence-corrected chi connectivity index (χ3v) is 4.39. The minimum Gasteiger partial charge on any atom is -0.396 e. The summed E-state index contributed by atoms with van der Waals surface area (Å²) in [5, 5.41) is 8.90. The number of aryl methyl sites for hydroxylation is 1. The first-order chi connectivity index (χ1) is 8.61. The first-order valence-electron chi connectivity index (χ1n) is 7.30. The topological polar surface area (TPSA) is 20.2 Å². The Morgan fingerprint density at radius 1 is 1.22 bits per heavy atom. The standard InChI is InChI=1S/C17H26O/c1-17(2)10-8-15(9-11-17)16-7-3-5-14(13-16)6-4-12-18/h3,5,7,13,15,18H,4,6,8-12H2,1-2H3. The van der Waals surface area contributed by atoms with Crippen LogP contribution in [-0.4, -0.2) is 11.7 Å². The molecule has 0 heterocycles. The summed E-state index contributed by atoms with van der Waals surface area (Å²) in [5.41, 5.74) is 3.44. The SMILES string of the molecule is CC1(C)CCC(c2cccc(CCCO)c2)CC1. The van der Waals surface area contributed by atoms with Gasteiger partial charge in [0, 0.05) is 6.61 Å². The van der Waals surface area contributed by atoms with Gasteiger partial charge in [0.15, 0.2) is 0 Å². The van der Waals surface area contributed by atoms with Crippen molar-refractivity contribution in [1.82, 2.24) is 0 Å². The van der Waals surface area contributed by atoms with E-state index in [1.165, 1.54) is 36.8 Å². The largest absolute Gasteiger partial charge is 0.396 e. The summed E-state index contributed by atoms with van der Waals surface area (Å²) in [6.07, 6.45) is 7.23. The summed E-state index contributed by atoms with van der Waals surface area (Å²) in [5.74, 6) is 0.757. The summed E-state index contributed by atoms with van der Waals surface area (Å²) < 4.78 is 0. The van der Waals surface area contributed by atoms with Crippen LogP contribution < -0.4 is 0 Å². The maximum atomic E-state index is 8.90. The molecule has 1 fully saturated rings. The van der Waals surface area contributed by atoms with Crippen molar-refractivity contribution in [2.24, 2.45) is 5.41 Å². The van der Waals surface area contributed by atoms with Crippen molar-refractivity contribution in [2.75, 3.05) is 6.61 Å². The normalized spacial score (nSPS) is 19.9. The van der Waals surface area contributed by atoms with E-state index in [4.69, 9.17) is 5.11 Å². The maximum absolute atomic E-state index is 8.90. The molecule has 0 radical (unpaired) electrons. The average Bonchev–Trinajstić information content (AvgIpc) is 2.37. The Kier molecular flexibility index (Phi) is 4.45. The molecule has 1 saturated carbocycles. The van der Waals surface area contributed by atoms with Crippen molar-refractivity contribution in [2.45, 2.75) is 58.3 Å². The molecular formula is C17H26O. The fourth-order valence-corrected chi connectivity index (χ4v) is 3.02. The van der Waals surface area contributed by atoms with Gasteiger partial charge in [0.2, 0.25) is 0 Å². The minimum absolute atomic E-state index is 0.293. The first-order valence-corrected chi connectivity index (χ1v) is 7.30. The van der Waals surface area contributed by atoms with E-state index < -0.39 is 0 Å². The fourth-order valence-electron chi connectivity index (χ4n) is 3.02. The molecular weight excluding hydrogens is 220 g/mol. The lowest BCUT2D eigenvalue weighted by molar-refractivity contribution is 0.224. The van der Waals surface area contributed by atoms with Gasteiger partial charge in [-0.2, -0.15) is 0 Å². The van der Waals surface area contributed by atoms with Crippen LogP contribution in [0.15, 0.2) is 24.3 Å². The van der Waals surface area contributed by atoms with Crippen LogP contribution >= 0.6 is 0 Å². The van der Waals surface area contributed by atoms with E-state index in [0.717, 1.165) is 18.8 Å². The Labute approximate surface area is 111 Å². The fraction of sp³-hybridized carbons (Fsp3) is 0.647. The molecule has 1 aliphatic carbocycles. The van der Waals surface area contributed by atoms with Crippen LogP contribution in [-0.2, 0) is 6.42 Å². The van der Waals surface area contributed by atoms with Gasteiger partial charge < -0.3 is 5.11 Å². The Balaban J connectivity index is 2.00. The highest BCUT2D eigenvalue weighted by atomic mass is 16.2. The second-order valence-corrected chi connectivity index (χ2v) is 6.51. The highest BCUT2D eigenvalue weighted by Gasteiger charge is 2.27. The summed E-state index contributed by atoms with van der Waals surface area (Å²) >= 11 is 0. The second kappa shape index (κ2) is 5.88. The molecule has 1 N–H and O–H groups in total. The van der Waals surface area contributed by atoms with E-state index in [0.29, 0.717) is 12.0 Å². The van der Waals surface area contributed by atoms with E-state index in [2.05, 4.69) is 38.1 Å². The van der Waals surface area contributed by atoms with Crippen molar-refractivity contribution in [1.29, 1.82) is 0 Å². The first kappa shape index (κ1) is 13.6. The Morgan fingerprint density at radius 3 is 2.61 bits per heavy atom. The maximum Gasteiger partial charge on any atom is 0.0434 e. The zero-order chi connectivity index (χ0) is 13.0. The molecule has 0 aromatic heterocycles. The van der Waals surface area contributed by atoms with Gasteiger partial charge in [-0.1, -0.05) is 38.1 Å². The Bertz CT molecular complexity index is 371. The summed E-state index contributed by atoms with van der Waals surface area (Å²) in [6, 6.07) is 9.01. The molecule has 0 amide bonds. The van der Waals surface area contributed by atoms with Crippen LogP contribution in [0.25, 0.3) is 0 Å². The van der Waals surface area contributed by atoms with E-state index in [-0.39, 0.29) is 0 Å². The van der Waals surface area contributed by atoms with Crippen molar-refractivity contribution in [3.05, 3.63) is 35.4 Å². The van der Waals surface area contributed by atoms with Crippen molar-refractivity contribution >= 4 is 0 Å². The molecule has 2 rings (SSSR count). The van der Waals surface area contributed by atoms with Crippen LogP contribution in [0.2, 0.25) is 0 Å². The summed E-state index contributed by atoms with van der Waals surface area (Å²) in [6.45, 7) is 5.07. The molecule has 100 valence electrons. The molecule has 0 bridgehead atoms. The van der Waals surface area contributed by atoms with E-state index in [1.807, 2.05) is 0 Å². The number of hydrogen-bond acceptors (Lipinski definition) is 1. The lowest BCUT2D eigenvalue weighted by Gasteiger charge is -2.34. The molecule has 1 aromatic carbocycles. The summed E-state index contributed by atoms with van der Waals surface area (Å²) in [7, 11) is 0. The molecule has 1 aliphatic rings. The van der Waals surface area contributed by atoms with Gasteiger partial charge >= 0.3 is 0 Å². The number of hydrogen-bond donors (Lipinski definition) is 1. The molecule has 1 aromatic rings. The molecule has 18 heavy (non-hydrogen) atoms. The minimum atomic E-state index is 0.293. The monoisotopic (exact) mass is 246 g/mol. The van der Waals surface area contributed by atoms with Crippen molar-refractivity contribution in [3.8, 4) is 0 Å². The zero-order valence-electron chi connectivity index (χ0n) is 11.8. The van der Waals surface area contributed by atoms with Crippen LogP contribution in [0.3, 0.4) is 0 Å². The summed E-state index contributed by atoms with van der Waals surface area (Å²) in [4.78, 5) is 0. The van der Waals surface area contributed by atoms with Gasteiger partial charge in [0.25, 0.3) is 0 Å². The smallest absolute Gasteiger partial charge is 0.0434 e. The zero-order valence-corrected chi connectivity index (χ0v) is 11.8. The van der Waals surface area contributed by atoms with E-state index >= 15 is 0 Å². The third-order valence-electron chi connectivity index (χ3n) is 4.39. The van der Waals surface area contributed by atoms with Crippen LogP contribution in [0, 0.1) is 5.41 Å². The van der Waals surface area contributed by atoms with Crippen LogP contribution in [0.1, 0.15) is 63.0 Å². The van der Waals surface area contributed by atoms with Crippen LogP contribution in [0.5, 0.6) is 0 Å². The lowest BCUT2D eigenvalue weighted by atomic mass is 9.71.